The van der Waals surface area contributed by atoms with E-state index >= 15 is 0 Å². The predicted molar refractivity (Wildman–Crippen MR) is 141 cm³/mol. The van der Waals surface area contributed by atoms with Gasteiger partial charge in [0.1, 0.15) is 34.0 Å². The molecule has 3 aromatic carbocycles. The van der Waals surface area contributed by atoms with Crippen molar-refractivity contribution in [3.8, 4) is 28.6 Å². The van der Waals surface area contributed by atoms with Crippen LogP contribution < -0.4 is 15.7 Å². The third-order valence-electron chi connectivity index (χ3n) is 6.46. The Morgan fingerprint density at radius 2 is 1.74 bits per heavy atom. The van der Waals surface area contributed by atoms with Crippen molar-refractivity contribution in [1.29, 1.82) is 0 Å². The van der Waals surface area contributed by atoms with Gasteiger partial charge in [-0.3, -0.25) is 14.4 Å². The second-order valence-corrected chi connectivity index (χ2v) is 8.71. The summed E-state index contributed by atoms with van der Waals surface area (Å²) in [6.07, 6.45) is -0.359. The van der Waals surface area contributed by atoms with Crippen molar-refractivity contribution < 1.29 is 28.9 Å². The molecule has 0 aliphatic carbocycles. The number of rotatable bonds is 6. The number of carbonyl (C=O) groups is 1. The van der Waals surface area contributed by atoms with Crippen LogP contribution in [0.1, 0.15) is 23.5 Å². The lowest BCUT2D eigenvalue weighted by Crippen LogP contribution is -2.20. The lowest BCUT2D eigenvalue weighted by molar-refractivity contribution is -0.140. The minimum absolute atomic E-state index is 0.00849. The average molecular weight is 514 g/mol. The Hall–Kier alpha value is -5.05. The first-order valence-electron chi connectivity index (χ1n) is 11.7. The zero-order valence-corrected chi connectivity index (χ0v) is 20.5. The number of aromatic amines is 1. The Labute approximate surface area is 215 Å². The fourth-order valence-electron chi connectivity index (χ4n) is 4.61. The summed E-state index contributed by atoms with van der Waals surface area (Å²) < 4.78 is 16.3. The van der Waals surface area contributed by atoms with Gasteiger partial charge in [-0.05, 0) is 24.3 Å². The molecular weight excluding hydrogens is 490 g/mol. The van der Waals surface area contributed by atoms with Crippen molar-refractivity contribution in [3.63, 3.8) is 0 Å². The third kappa shape index (κ3) is 4.34. The van der Waals surface area contributed by atoms with Gasteiger partial charge in [0.25, 0.3) is 5.56 Å². The topological polar surface area (TPSA) is 139 Å². The van der Waals surface area contributed by atoms with Gasteiger partial charge in [-0.2, -0.15) is 0 Å². The van der Waals surface area contributed by atoms with E-state index in [-0.39, 0.29) is 34.3 Å². The van der Waals surface area contributed by atoms with Crippen molar-refractivity contribution in [2.75, 3.05) is 14.2 Å². The van der Waals surface area contributed by atoms with Crippen molar-refractivity contribution in [2.45, 2.75) is 12.3 Å². The number of phenolic OH excluding ortho intramolecular Hbond substituents is 2. The highest BCUT2D eigenvalue weighted by Gasteiger charge is 2.30. The van der Waals surface area contributed by atoms with E-state index in [4.69, 9.17) is 13.9 Å². The molecule has 2 aromatic heterocycles. The van der Waals surface area contributed by atoms with E-state index < -0.39 is 34.4 Å². The molecule has 0 aliphatic heterocycles. The van der Waals surface area contributed by atoms with Crippen molar-refractivity contribution in [1.82, 2.24) is 4.98 Å². The van der Waals surface area contributed by atoms with Gasteiger partial charge < -0.3 is 29.1 Å². The van der Waals surface area contributed by atoms with E-state index in [2.05, 4.69) is 4.98 Å². The Balaban J connectivity index is 1.84. The van der Waals surface area contributed by atoms with Crippen LogP contribution in [-0.4, -0.2) is 35.4 Å². The van der Waals surface area contributed by atoms with Crippen LogP contribution in [0.2, 0.25) is 0 Å². The Morgan fingerprint density at radius 1 is 0.974 bits per heavy atom. The summed E-state index contributed by atoms with van der Waals surface area (Å²) in [5.74, 6) is -1.98. The number of aromatic nitrogens is 1. The molecule has 0 bridgehead atoms. The number of aromatic hydroxyl groups is 2. The molecule has 0 aliphatic rings. The summed E-state index contributed by atoms with van der Waals surface area (Å²) >= 11 is 0. The largest absolute Gasteiger partial charge is 0.507 e. The molecule has 0 spiro atoms. The van der Waals surface area contributed by atoms with Crippen LogP contribution in [0.3, 0.4) is 0 Å². The van der Waals surface area contributed by atoms with Crippen molar-refractivity contribution >= 4 is 27.8 Å². The summed E-state index contributed by atoms with van der Waals surface area (Å²) in [5.41, 5.74) is 0.0102. The number of phenols is 2. The second kappa shape index (κ2) is 9.78. The highest BCUT2D eigenvalue weighted by Crippen LogP contribution is 2.42. The number of esters is 1. The van der Waals surface area contributed by atoms with Crippen LogP contribution in [-0.2, 0) is 9.53 Å². The number of methoxy groups -OCH3 is 2. The fraction of sp³-hybridized carbons (Fsp3) is 0.138. The van der Waals surface area contributed by atoms with E-state index in [0.717, 1.165) is 6.07 Å². The Bertz CT molecular complexity index is 1800. The smallest absolute Gasteiger partial charge is 0.306 e. The number of carbonyl (C=O) groups excluding carboxylic acids is 1. The lowest BCUT2D eigenvalue weighted by Gasteiger charge is -2.20. The van der Waals surface area contributed by atoms with Gasteiger partial charge >= 0.3 is 5.97 Å². The summed E-state index contributed by atoms with van der Waals surface area (Å²) in [7, 11) is 2.72. The maximum absolute atomic E-state index is 13.3. The summed E-state index contributed by atoms with van der Waals surface area (Å²) in [6, 6.07) is 17.7. The standard InChI is InChI=1S/C29H23NO8/c1-36-17-8-9-20-16(10-17)11-19(29(35)30-20)18(12-25(34)37-2)26-21(31)13-22(32)27-23(33)14-24(38-28(26)27)15-6-4-3-5-7-15/h3-11,13-14,18,31-32H,12H2,1-2H3,(H,30,35)/t18-/m1/s1. The number of hydrogen-bond donors (Lipinski definition) is 3. The third-order valence-corrected chi connectivity index (χ3v) is 6.46. The SMILES string of the molecule is COC(=O)C[C@H](c1cc2cc(OC)ccc2[nH]c1=O)c1c(O)cc(O)c2c(=O)cc(-c3ccccc3)oc12. The van der Waals surface area contributed by atoms with Gasteiger partial charge in [0.2, 0.25) is 0 Å². The van der Waals surface area contributed by atoms with Gasteiger partial charge in [0.15, 0.2) is 5.43 Å². The number of hydrogen-bond acceptors (Lipinski definition) is 8. The number of ether oxygens (including phenoxy) is 2. The average Bonchev–Trinajstić information content (AvgIpc) is 2.91. The number of fused-ring (bicyclic) bond motifs is 2. The van der Waals surface area contributed by atoms with Crippen LogP contribution in [0.15, 0.2) is 80.7 Å². The number of pyridine rings is 1. The highest BCUT2D eigenvalue weighted by molar-refractivity contribution is 5.91. The summed E-state index contributed by atoms with van der Waals surface area (Å²) in [6.45, 7) is 0. The molecule has 3 N–H and O–H groups in total. The molecule has 1 atom stereocenters. The quantitative estimate of drug-likeness (QED) is 0.284. The normalized spacial score (nSPS) is 11.9. The number of benzene rings is 3. The zero-order valence-electron chi connectivity index (χ0n) is 20.5. The molecule has 9 nitrogen and oxygen atoms in total. The molecule has 0 fully saturated rings. The predicted octanol–water partition coefficient (Wildman–Crippen LogP) is 4.42. The van der Waals surface area contributed by atoms with E-state index in [0.29, 0.717) is 22.2 Å². The Morgan fingerprint density at radius 3 is 2.45 bits per heavy atom. The van der Waals surface area contributed by atoms with Crippen LogP contribution in [0, 0.1) is 0 Å². The molecule has 2 heterocycles. The van der Waals surface area contributed by atoms with Crippen LogP contribution in [0.4, 0.5) is 0 Å². The number of nitrogens with one attached hydrogen (secondary N) is 1. The summed E-state index contributed by atoms with van der Waals surface area (Å²) in [4.78, 5) is 41.7. The van der Waals surface area contributed by atoms with Gasteiger partial charge in [0, 0.05) is 45.6 Å². The van der Waals surface area contributed by atoms with E-state index in [1.54, 1.807) is 54.6 Å². The van der Waals surface area contributed by atoms with Gasteiger partial charge in [-0.15, -0.1) is 0 Å². The minimum atomic E-state index is -1.10. The molecule has 0 unspecified atom stereocenters. The first-order valence-corrected chi connectivity index (χ1v) is 11.7. The van der Waals surface area contributed by atoms with Gasteiger partial charge in [0.05, 0.1) is 20.6 Å². The Kier molecular flexibility index (Phi) is 6.34. The van der Waals surface area contributed by atoms with Crippen LogP contribution in [0.25, 0.3) is 33.2 Å². The first kappa shape index (κ1) is 24.6. The van der Waals surface area contributed by atoms with E-state index in [1.165, 1.54) is 20.3 Å². The lowest BCUT2D eigenvalue weighted by atomic mass is 9.86. The molecule has 5 rings (SSSR count). The van der Waals surface area contributed by atoms with Crippen molar-refractivity contribution in [2.24, 2.45) is 0 Å². The molecular formula is C29H23NO8. The molecule has 5 aromatic rings. The molecule has 0 radical (unpaired) electrons. The molecule has 0 amide bonds. The fourth-order valence-corrected chi connectivity index (χ4v) is 4.61. The van der Waals surface area contributed by atoms with E-state index in [1.807, 2.05) is 0 Å². The van der Waals surface area contributed by atoms with Crippen LogP contribution in [0.5, 0.6) is 17.2 Å². The van der Waals surface area contributed by atoms with Gasteiger partial charge in [-0.1, -0.05) is 30.3 Å². The van der Waals surface area contributed by atoms with Crippen LogP contribution >= 0.6 is 0 Å². The maximum atomic E-state index is 13.3. The summed E-state index contributed by atoms with van der Waals surface area (Å²) in [5, 5.41) is 22.0. The maximum Gasteiger partial charge on any atom is 0.306 e. The van der Waals surface area contributed by atoms with Crippen molar-refractivity contribution in [3.05, 3.63) is 98.4 Å². The highest BCUT2D eigenvalue weighted by atomic mass is 16.5. The molecule has 0 saturated carbocycles. The first-order chi connectivity index (χ1) is 18.3. The molecule has 192 valence electrons. The molecule has 9 heteroatoms. The monoisotopic (exact) mass is 513 g/mol. The van der Waals surface area contributed by atoms with E-state index in [9.17, 15) is 24.6 Å². The molecule has 38 heavy (non-hydrogen) atoms. The molecule has 0 saturated heterocycles. The van der Waals surface area contributed by atoms with Gasteiger partial charge in [-0.25, -0.2) is 0 Å². The zero-order chi connectivity index (χ0) is 27.0. The minimum Gasteiger partial charge on any atom is -0.507 e. The second-order valence-electron chi connectivity index (χ2n) is 8.71. The number of H-pyrrole nitrogens is 1.